The van der Waals surface area contributed by atoms with Gasteiger partial charge in [-0.05, 0) is 39.0 Å². The summed E-state index contributed by atoms with van der Waals surface area (Å²) in [6.07, 6.45) is 3.26. The maximum Gasteiger partial charge on any atom is 0.336 e. The Hall–Kier alpha value is -3.72. The van der Waals surface area contributed by atoms with Crippen LogP contribution < -0.4 is 21.2 Å². The van der Waals surface area contributed by atoms with Gasteiger partial charge in [0.2, 0.25) is 0 Å². The quantitative estimate of drug-likeness (QED) is 0.466. The number of anilines is 2. The average molecular weight is 449 g/mol. The SMILES string of the molecule is Cc1cn2cc(NC(=O)c3ccc(N4C[C@H](C)N[C@@H](C)C4)c4ccc(=O)oc34)cc(F)c2n1. The smallest absolute Gasteiger partial charge is 0.336 e. The second-order valence-corrected chi connectivity index (χ2v) is 8.65. The molecule has 1 aromatic carbocycles. The van der Waals surface area contributed by atoms with E-state index in [0.29, 0.717) is 23.2 Å². The van der Waals surface area contributed by atoms with Gasteiger partial charge in [-0.1, -0.05) is 0 Å². The summed E-state index contributed by atoms with van der Waals surface area (Å²) >= 11 is 0. The fourth-order valence-electron chi connectivity index (χ4n) is 4.57. The first-order chi connectivity index (χ1) is 15.8. The molecular formula is C24H24FN5O3. The molecule has 1 saturated heterocycles. The molecule has 33 heavy (non-hydrogen) atoms. The molecule has 2 N–H and O–H groups in total. The summed E-state index contributed by atoms with van der Waals surface area (Å²) in [5, 5.41) is 6.88. The largest absolute Gasteiger partial charge is 0.422 e. The summed E-state index contributed by atoms with van der Waals surface area (Å²) in [6, 6.07) is 8.35. The molecule has 0 radical (unpaired) electrons. The van der Waals surface area contributed by atoms with Crippen LogP contribution in [0.15, 0.2) is 51.9 Å². The third kappa shape index (κ3) is 3.95. The van der Waals surface area contributed by atoms with Crippen molar-refractivity contribution >= 4 is 33.9 Å². The molecule has 0 unspecified atom stereocenters. The molecule has 4 aromatic rings. The van der Waals surface area contributed by atoms with Crippen LogP contribution in [0.2, 0.25) is 0 Å². The zero-order valence-electron chi connectivity index (χ0n) is 18.6. The Morgan fingerprint density at radius 1 is 1.18 bits per heavy atom. The summed E-state index contributed by atoms with van der Waals surface area (Å²) in [5.74, 6) is -1.05. The van der Waals surface area contributed by atoms with E-state index >= 15 is 0 Å². The molecule has 5 rings (SSSR count). The lowest BCUT2D eigenvalue weighted by Gasteiger charge is -2.38. The van der Waals surface area contributed by atoms with Crippen LogP contribution in [-0.2, 0) is 0 Å². The van der Waals surface area contributed by atoms with Gasteiger partial charge in [0.25, 0.3) is 5.91 Å². The van der Waals surface area contributed by atoms with Gasteiger partial charge in [0, 0.05) is 60.8 Å². The molecule has 3 aromatic heterocycles. The number of fused-ring (bicyclic) bond motifs is 2. The fourth-order valence-corrected chi connectivity index (χ4v) is 4.57. The van der Waals surface area contributed by atoms with Crippen molar-refractivity contribution in [3.05, 3.63) is 70.2 Å². The number of pyridine rings is 1. The van der Waals surface area contributed by atoms with E-state index in [2.05, 4.69) is 34.4 Å². The van der Waals surface area contributed by atoms with Crippen molar-refractivity contribution in [2.75, 3.05) is 23.3 Å². The molecular weight excluding hydrogens is 425 g/mol. The topological polar surface area (TPSA) is 91.9 Å². The summed E-state index contributed by atoms with van der Waals surface area (Å²) in [5.41, 5.74) is 1.87. The number of carbonyl (C=O) groups excluding carboxylic acids is 1. The van der Waals surface area contributed by atoms with E-state index < -0.39 is 17.3 Å². The van der Waals surface area contributed by atoms with E-state index in [1.165, 1.54) is 16.5 Å². The van der Waals surface area contributed by atoms with Crippen LogP contribution in [0.4, 0.5) is 15.8 Å². The van der Waals surface area contributed by atoms with Gasteiger partial charge in [0.05, 0.1) is 16.9 Å². The summed E-state index contributed by atoms with van der Waals surface area (Å²) in [7, 11) is 0. The lowest BCUT2D eigenvalue weighted by molar-refractivity contribution is 0.102. The predicted molar refractivity (Wildman–Crippen MR) is 125 cm³/mol. The van der Waals surface area contributed by atoms with Crippen LogP contribution in [0.25, 0.3) is 16.6 Å². The zero-order valence-corrected chi connectivity index (χ0v) is 18.6. The number of rotatable bonds is 3. The van der Waals surface area contributed by atoms with E-state index in [9.17, 15) is 14.0 Å². The second-order valence-electron chi connectivity index (χ2n) is 8.65. The van der Waals surface area contributed by atoms with Gasteiger partial charge in [-0.2, -0.15) is 0 Å². The molecule has 1 fully saturated rings. The molecule has 1 aliphatic heterocycles. The highest BCUT2D eigenvalue weighted by molar-refractivity contribution is 6.13. The van der Waals surface area contributed by atoms with Gasteiger partial charge >= 0.3 is 5.63 Å². The van der Waals surface area contributed by atoms with Crippen molar-refractivity contribution in [3.63, 3.8) is 0 Å². The zero-order chi connectivity index (χ0) is 23.3. The Balaban J connectivity index is 1.54. The maximum atomic E-state index is 14.4. The van der Waals surface area contributed by atoms with Crippen molar-refractivity contribution in [1.82, 2.24) is 14.7 Å². The van der Waals surface area contributed by atoms with E-state index in [1.54, 1.807) is 31.5 Å². The number of aryl methyl sites for hydroxylation is 1. The Bertz CT molecular complexity index is 1430. The van der Waals surface area contributed by atoms with Crippen LogP contribution in [-0.4, -0.2) is 40.5 Å². The number of nitrogens with one attached hydrogen (secondary N) is 2. The highest BCUT2D eigenvalue weighted by atomic mass is 19.1. The van der Waals surface area contributed by atoms with Gasteiger partial charge in [0.1, 0.15) is 0 Å². The number of carbonyl (C=O) groups is 1. The van der Waals surface area contributed by atoms with Gasteiger partial charge < -0.3 is 24.4 Å². The van der Waals surface area contributed by atoms with E-state index in [0.717, 1.165) is 18.8 Å². The highest BCUT2D eigenvalue weighted by Gasteiger charge is 2.24. The first kappa shape index (κ1) is 21.1. The number of hydrogen-bond donors (Lipinski definition) is 2. The Morgan fingerprint density at radius 3 is 2.70 bits per heavy atom. The van der Waals surface area contributed by atoms with Crippen molar-refractivity contribution in [1.29, 1.82) is 0 Å². The Labute approximate surface area is 189 Å². The average Bonchev–Trinajstić information content (AvgIpc) is 3.12. The third-order valence-electron chi connectivity index (χ3n) is 5.79. The van der Waals surface area contributed by atoms with Crippen LogP contribution in [0, 0.1) is 12.7 Å². The van der Waals surface area contributed by atoms with Crippen molar-refractivity contribution < 1.29 is 13.6 Å². The number of hydrogen-bond acceptors (Lipinski definition) is 6. The highest BCUT2D eigenvalue weighted by Crippen LogP contribution is 2.30. The van der Waals surface area contributed by atoms with E-state index in [1.807, 2.05) is 6.07 Å². The van der Waals surface area contributed by atoms with Crippen LogP contribution in [0.5, 0.6) is 0 Å². The lowest BCUT2D eigenvalue weighted by Crippen LogP contribution is -2.54. The maximum absolute atomic E-state index is 14.4. The minimum Gasteiger partial charge on any atom is -0.422 e. The number of halogens is 1. The Morgan fingerprint density at radius 2 is 1.94 bits per heavy atom. The normalized spacial score (nSPS) is 18.7. The minimum atomic E-state index is -0.547. The van der Waals surface area contributed by atoms with Crippen molar-refractivity contribution in [3.8, 4) is 0 Å². The molecule has 8 nitrogen and oxygen atoms in total. The monoisotopic (exact) mass is 449 g/mol. The van der Waals surface area contributed by atoms with E-state index in [-0.39, 0.29) is 22.5 Å². The molecule has 1 aliphatic rings. The lowest BCUT2D eigenvalue weighted by atomic mass is 10.0. The molecule has 0 spiro atoms. The molecule has 2 atom stereocenters. The fraction of sp³-hybridized carbons (Fsp3) is 0.292. The molecule has 4 heterocycles. The number of nitrogens with zero attached hydrogens (tertiary/aromatic N) is 3. The van der Waals surface area contributed by atoms with Crippen LogP contribution >= 0.6 is 0 Å². The first-order valence-corrected chi connectivity index (χ1v) is 10.8. The van der Waals surface area contributed by atoms with Gasteiger partial charge in [-0.3, -0.25) is 4.79 Å². The standard InChI is InChI=1S/C24H24FN5O3/c1-13-9-29(10-14(2)26-13)20-6-4-18(22-17(20)5-7-21(31)33-22)24(32)28-16-8-19(25)23-27-15(3)11-30(23)12-16/h4-8,11-14,26H,9-10H2,1-3H3,(H,28,32)/t13-,14-/m0/s1. The summed E-state index contributed by atoms with van der Waals surface area (Å²) < 4.78 is 21.4. The van der Waals surface area contributed by atoms with Crippen molar-refractivity contribution in [2.24, 2.45) is 0 Å². The minimum absolute atomic E-state index is 0.186. The molecule has 1 amide bonds. The van der Waals surface area contributed by atoms with Crippen LogP contribution in [0.1, 0.15) is 29.9 Å². The number of aromatic nitrogens is 2. The number of imidazole rings is 1. The van der Waals surface area contributed by atoms with Crippen molar-refractivity contribution in [2.45, 2.75) is 32.9 Å². The number of benzene rings is 1. The number of piperazine rings is 1. The van der Waals surface area contributed by atoms with Gasteiger partial charge in [0.15, 0.2) is 17.0 Å². The molecule has 0 bridgehead atoms. The molecule has 170 valence electrons. The summed E-state index contributed by atoms with van der Waals surface area (Å²) in [4.78, 5) is 31.5. The van der Waals surface area contributed by atoms with E-state index in [4.69, 9.17) is 4.42 Å². The number of amides is 1. The summed E-state index contributed by atoms with van der Waals surface area (Å²) in [6.45, 7) is 7.57. The van der Waals surface area contributed by atoms with Gasteiger partial charge in [-0.15, -0.1) is 0 Å². The second kappa shape index (κ2) is 8.00. The predicted octanol–water partition coefficient (Wildman–Crippen LogP) is 3.33. The molecule has 0 saturated carbocycles. The third-order valence-corrected chi connectivity index (χ3v) is 5.79. The van der Waals surface area contributed by atoms with Gasteiger partial charge in [-0.25, -0.2) is 14.2 Å². The van der Waals surface area contributed by atoms with Crippen LogP contribution in [0.3, 0.4) is 0 Å². The first-order valence-electron chi connectivity index (χ1n) is 10.8. The molecule has 0 aliphatic carbocycles. The molecule has 9 heteroatoms. The Kier molecular flexibility index (Phi) is 5.13.